The van der Waals surface area contributed by atoms with Crippen molar-refractivity contribution in [3.63, 3.8) is 0 Å². The molecule has 0 N–H and O–H groups in total. The van der Waals surface area contributed by atoms with Crippen LogP contribution in [-0.4, -0.2) is 41.9 Å². The van der Waals surface area contributed by atoms with Crippen LogP contribution in [0.1, 0.15) is 29.5 Å². The van der Waals surface area contributed by atoms with Crippen molar-refractivity contribution >= 4 is 5.91 Å². The molecule has 0 spiro atoms. The number of rotatable bonds is 6. The van der Waals surface area contributed by atoms with Crippen LogP contribution >= 0.6 is 0 Å². The standard InChI is InChI=1S/C22H28N2O/c1-18-9-6-7-12-20(18)16-23(2)22(25)17-24-14-8-13-21(24)15-19-10-4-3-5-11-19/h3-7,9-12,21H,8,13-17H2,1-2H3. The maximum atomic E-state index is 12.7. The van der Waals surface area contributed by atoms with E-state index in [-0.39, 0.29) is 5.91 Å². The fraction of sp³-hybridized carbons (Fsp3) is 0.409. The van der Waals surface area contributed by atoms with E-state index >= 15 is 0 Å². The Kier molecular flexibility index (Phi) is 5.87. The number of aryl methyl sites for hydroxylation is 1. The van der Waals surface area contributed by atoms with Gasteiger partial charge in [0.25, 0.3) is 0 Å². The van der Waals surface area contributed by atoms with E-state index in [1.807, 2.05) is 24.1 Å². The fourth-order valence-corrected chi connectivity index (χ4v) is 3.65. The van der Waals surface area contributed by atoms with Crippen LogP contribution in [-0.2, 0) is 17.8 Å². The predicted molar refractivity (Wildman–Crippen MR) is 102 cm³/mol. The van der Waals surface area contributed by atoms with Crippen molar-refractivity contribution in [2.75, 3.05) is 20.1 Å². The number of likely N-dealkylation sites (N-methyl/N-ethyl adjacent to an activating group) is 1. The molecule has 3 rings (SSSR count). The molecular formula is C22H28N2O. The van der Waals surface area contributed by atoms with Crippen LogP contribution < -0.4 is 0 Å². The van der Waals surface area contributed by atoms with Crippen LogP contribution in [0.3, 0.4) is 0 Å². The van der Waals surface area contributed by atoms with Crippen molar-refractivity contribution in [3.05, 3.63) is 71.3 Å². The third-order valence-electron chi connectivity index (χ3n) is 5.25. The van der Waals surface area contributed by atoms with Gasteiger partial charge in [-0.2, -0.15) is 0 Å². The van der Waals surface area contributed by atoms with Gasteiger partial charge in [0.1, 0.15) is 0 Å². The number of benzene rings is 2. The van der Waals surface area contributed by atoms with Gasteiger partial charge in [0.15, 0.2) is 0 Å². The summed E-state index contributed by atoms with van der Waals surface area (Å²) in [6, 6.07) is 19.4. The molecule has 0 saturated carbocycles. The lowest BCUT2D eigenvalue weighted by atomic mass is 10.0. The molecule has 2 aromatic carbocycles. The highest BCUT2D eigenvalue weighted by atomic mass is 16.2. The number of carbonyl (C=O) groups is 1. The number of carbonyl (C=O) groups excluding carboxylic acids is 1. The van der Waals surface area contributed by atoms with Gasteiger partial charge in [-0.15, -0.1) is 0 Å². The molecule has 2 aromatic rings. The second kappa shape index (κ2) is 8.30. The smallest absolute Gasteiger partial charge is 0.236 e. The highest BCUT2D eigenvalue weighted by Gasteiger charge is 2.27. The Labute approximate surface area is 151 Å². The van der Waals surface area contributed by atoms with Gasteiger partial charge >= 0.3 is 0 Å². The van der Waals surface area contributed by atoms with Crippen molar-refractivity contribution in [1.82, 2.24) is 9.80 Å². The number of likely N-dealkylation sites (tertiary alicyclic amines) is 1. The van der Waals surface area contributed by atoms with Crippen LogP contribution in [0.2, 0.25) is 0 Å². The van der Waals surface area contributed by atoms with Crippen molar-refractivity contribution in [3.8, 4) is 0 Å². The molecule has 1 atom stereocenters. The summed E-state index contributed by atoms with van der Waals surface area (Å²) in [4.78, 5) is 16.9. The summed E-state index contributed by atoms with van der Waals surface area (Å²) < 4.78 is 0. The van der Waals surface area contributed by atoms with Crippen molar-refractivity contribution in [1.29, 1.82) is 0 Å². The first-order valence-corrected chi connectivity index (χ1v) is 9.20. The molecule has 0 bridgehead atoms. The van der Waals surface area contributed by atoms with Crippen LogP contribution in [0.5, 0.6) is 0 Å². The summed E-state index contributed by atoms with van der Waals surface area (Å²) in [7, 11) is 1.91. The average Bonchev–Trinajstić information content (AvgIpc) is 3.04. The molecular weight excluding hydrogens is 308 g/mol. The van der Waals surface area contributed by atoms with Crippen LogP contribution in [0.25, 0.3) is 0 Å². The Balaban J connectivity index is 1.56. The zero-order valence-electron chi connectivity index (χ0n) is 15.3. The van der Waals surface area contributed by atoms with E-state index in [9.17, 15) is 4.79 Å². The zero-order valence-corrected chi connectivity index (χ0v) is 15.3. The molecule has 1 saturated heterocycles. The first kappa shape index (κ1) is 17.7. The molecule has 1 fully saturated rings. The third-order valence-corrected chi connectivity index (χ3v) is 5.25. The molecule has 3 nitrogen and oxygen atoms in total. The maximum absolute atomic E-state index is 12.7. The monoisotopic (exact) mass is 336 g/mol. The average molecular weight is 336 g/mol. The number of hydrogen-bond acceptors (Lipinski definition) is 2. The maximum Gasteiger partial charge on any atom is 0.236 e. The zero-order chi connectivity index (χ0) is 17.6. The van der Waals surface area contributed by atoms with Gasteiger partial charge in [-0.05, 0) is 49.4 Å². The van der Waals surface area contributed by atoms with Crippen molar-refractivity contribution < 1.29 is 4.79 Å². The van der Waals surface area contributed by atoms with E-state index in [1.165, 1.54) is 29.5 Å². The van der Waals surface area contributed by atoms with E-state index < -0.39 is 0 Å². The van der Waals surface area contributed by atoms with Gasteiger partial charge in [-0.1, -0.05) is 54.6 Å². The summed E-state index contributed by atoms with van der Waals surface area (Å²) in [5, 5.41) is 0. The summed E-state index contributed by atoms with van der Waals surface area (Å²) in [5.41, 5.74) is 3.82. The second-order valence-electron chi connectivity index (χ2n) is 7.13. The van der Waals surface area contributed by atoms with Crippen LogP contribution in [0.15, 0.2) is 54.6 Å². The van der Waals surface area contributed by atoms with Crippen LogP contribution in [0, 0.1) is 6.92 Å². The quantitative estimate of drug-likeness (QED) is 0.804. The molecule has 132 valence electrons. The molecule has 0 aliphatic carbocycles. The lowest BCUT2D eigenvalue weighted by molar-refractivity contribution is -0.131. The summed E-state index contributed by atoms with van der Waals surface area (Å²) in [5.74, 6) is 0.211. The van der Waals surface area contributed by atoms with E-state index in [0.29, 0.717) is 19.1 Å². The molecule has 1 unspecified atom stereocenters. The lowest BCUT2D eigenvalue weighted by Gasteiger charge is -2.27. The minimum Gasteiger partial charge on any atom is -0.340 e. The second-order valence-corrected chi connectivity index (χ2v) is 7.13. The molecule has 0 radical (unpaired) electrons. The number of nitrogens with zero attached hydrogens (tertiary/aromatic N) is 2. The molecule has 1 aliphatic rings. The first-order chi connectivity index (χ1) is 12.1. The minimum absolute atomic E-state index is 0.211. The van der Waals surface area contributed by atoms with Gasteiger partial charge in [-0.25, -0.2) is 0 Å². The molecule has 0 aromatic heterocycles. The van der Waals surface area contributed by atoms with E-state index in [4.69, 9.17) is 0 Å². The largest absolute Gasteiger partial charge is 0.340 e. The summed E-state index contributed by atoms with van der Waals surface area (Å²) >= 11 is 0. The lowest BCUT2D eigenvalue weighted by Crippen LogP contribution is -2.41. The van der Waals surface area contributed by atoms with E-state index in [2.05, 4.69) is 54.3 Å². The van der Waals surface area contributed by atoms with E-state index in [0.717, 1.165) is 13.0 Å². The Hall–Kier alpha value is -2.13. The topological polar surface area (TPSA) is 23.6 Å². The molecule has 1 heterocycles. The van der Waals surface area contributed by atoms with Gasteiger partial charge in [-0.3, -0.25) is 9.69 Å². The number of amides is 1. The Morgan fingerprint density at radius 1 is 1.12 bits per heavy atom. The SMILES string of the molecule is Cc1ccccc1CN(C)C(=O)CN1CCCC1Cc1ccccc1. The molecule has 1 amide bonds. The van der Waals surface area contributed by atoms with Gasteiger partial charge in [0, 0.05) is 19.6 Å². The third kappa shape index (κ3) is 4.70. The summed E-state index contributed by atoms with van der Waals surface area (Å²) in [6.07, 6.45) is 3.41. The Bertz CT molecular complexity index is 698. The minimum atomic E-state index is 0.211. The molecule has 25 heavy (non-hydrogen) atoms. The summed E-state index contributed by atoms with van der Waals surface area (Å²) in [6.45, 7) is 4.34. The van der Waals surface area contributed by atoms with Crippen LogP contribution in [0.4, 0.5) is 0 Å². The van der Waals surface area contributed by atoms with E-state index in [1.54, 1.807) is 0 Å². The fourth-order valence-electron chi connectivity index (χ4n) is 3.65. The highest BCUT2D eigenvalue weighted by Crippen LogP contribution is 2.21. The normalized spacial score (nSPS) is 17.6. The Morgan fingerprint density at radius 3 is 2.60 bits per heavy atom. The van der Waals surface area contributed by atoms with Crippen molar-refractivity contribution in [2.45, 2.75) is 38.8 Å². The highest BCUT2D eigenvalue weighted by molar-refractivity contribution is 5.78. The Morgan fingerprint density at radius 2 is 1.84 bits per heavy atom. The first-order valence-electron chi connectivity index (χ1n) is 9.20. The van der Waals surface area contributed by atoms with Gasteiger partial charge < -0.3 is 4.90 Å². The van der Waals surface area contributed by atoms with Crippen molar-refractivity contribution in [2.24, 2.45) is 0 Å². The van der Waals surface area contributed by atoms with Gasteiger partial charge in [0.05, 0.1) is 6.54 Å². The predicted octanol–water partition coefficient (Wildman–Crippen LogP) is 3.66. The molecule has 1 aliphatic heterocycles. The van der Waals surface area contributed by atoms with Gasteiger partial charge in [0.2, 0.25) is 5.91 Å². The molecule has 3 heteroatoms. The number of hydrogen-bond donors (Lipinski definition) is 0.